The lowest BCUT2D eigenvalue weighted by molar-refractivity contribution is -0.126. The van der Waals surface area contributed by atoms with Crippen LogP contribution in [0, 0.1) is 6.92 Å². The van der Waals surface area contributed by atoms with Crippen molar-refractivity contribution in [2.24, 2.45) is 0 Å². The van der Waals surface area contributed by atoms with Crippen molar-refractivity contribution < 1.29 is 18.7 Å². The number of likely N-dealkylation sites (tertiary alicyclic amines) is 1. The van der Waals surface area contributed by atoms with E-state index in [-0.39, 0.29) is 17.6 Å². The molecule has 2 aromatic rings. The summed E-state index contributed by atoms with van der Waals surface area (Å²) in [6, 6.07) is 10.6. The van der Waals surface area contributed by atoms with Crippen LogP contribution < -0.4 is 10.1 Å². The number of aryl methyl sites for hydroxylation is 1. The molecule has 0 spiro atoms. The van der Waals surface area contributed by atoms with Crippen molar-refractivity contribution in [2.75, 3.05) is 19.7 Å². The zero-order chi connectivity index (χ0) is 18.4. The number of nitrogens with one attached hydrogen (secondary N) is 1. The standard InChI is InChI=1S/C20H24N2O4/c1-15-6-4-7-16(14-15)25-13-10-21-19(23)17-8-2-3-11-22(17)20(24)18-9-5-12-26-18/h4-7,9,12,14,17H,2-3,8,10-11,13H2,1H3,(H,21,23). The van der Waals surface area contributed by atoms with Gasteiger partial charge in [0.2, 0.25) is 5.91 Å². The molecule has 1 aliphatic heterocycles. The molecule has 3 rings (SSSR count). The summed E-state index contributed by atoms with van der Waals surface area (Å²) < 4.78 is 10.8. The topological polar surface area (TPSA) is 71.8 Å². The fourth-order valence-electron chi connectivity index (χ4n) is 3.16. The van der Waals surface area contributed by atoms with Gasteiger partial charge >= 0.3 is 0 Å². The second-order valence-corrected chi connectivity index (χ2v) is 6.44. The van der Waals surface area contributed by atoms with Crippen molar-refractivity contribution in [1.82, 2.24) is 10.2 Å². The van der Waals surface area contributed by atoms with Gasteiger partial charge < -0.3 is 19.4 Å². The van der Waals surface area contributed by atoms with Crippen molar-refractivity contribution in [2.45, 2.75) is 32.2 Å². The molecule has 26 heavy (non-hydrogen) atoms. The largest absolute Gasteiger partial charge is 0.492 e. The van der Waals surface area contributed by atoms with Gasteiger partial charge in [0.05, 0.1) is 12.8 Å². The number of piperidine rings is 1. The van der Waals surface area contributed by atoms with Gasteiger partial charge in [-0.2, -0.15) is 0 Å². The fourth-order valence-corrected chi connectivity index (χ4v) is 3.16. The van der Waals surface area contributed by atoms with Gasteiger partial charge in [0, 0.05) is 6.54 Å². The lowest BCUT2D eigenvalue weighted by Crippen LogP contribution is -2.52. The Morgan fingerprint density at radius 2 is 2.15 bits per heavy atom. The van der Waals surface area contributed by atoms with Crippen LogP contribution in [-0.2, 0) is 4.79 Å². The molecule has 1 N–H and O–H groups in total. The smallest absolute Gasteiger partial charge is 0.290 e. The van der Waals surface area contributed by atoms with E-state index in [4.69, 9.17) is 9.15 Å². The summed E-state index contributed by atoms with van der Waals surface area (Å²) in [4.78, 5) is 26.7. The molecule has 0 aliphatic carbocycles. The van der Waals surface area contributed by atoms with Crippen LogP contribution in [0.15, 0.2) is 47.1 Å². The van der Waals surface area contributed by atoms with E-state index in [1.54, 1.807) is 17.0 Å². The Labute approximate surface area is 153 Å². The first-order chi connectivity index (χ1) is 12.6. The van der Waals surface area contributed by atoms with Gasteiger partial charge in [-0.3, -0.25) is 9.59 Å². The lowest BCUT2D eigenvalue weighted by Gasteiger charge is -2.34. The normalized spacial score (nSPS) is 17.0. The molecule has 1 aliphatic rings. The van der Waals surface area contributed by atoms with Crippen LogP contribution in [0.1, 0.15) is 35.4 Å². The summed E-state index contributed by atoms with van der Waals surface area (Å²) in [5.41, 5.74) is 1.13. The van der Waals surface area contributed by atoms with Crippen molar-refractivity contribution in [3.63, 3.8) is 0 Å². The van der Waals surface area contributed by atoms with Crippen molar-refractivity contribution in [3.8, 4) is 5.75 Å². The highest BCUT2D eigenvalue weighted by atomic mass is 16.5. The molecule has 0 radical (unpaired) electrons. The maximum absolute atomic E-state index is 12.6. The number of furan rings is 1. The predicted molar refractivity (Wildman–Crippen MR) is 97.1 cm³/mol. The minimum atomic E-state index is -0.458. The van der Waals surface area contributed by atoms with E-state index < -0.39 is 6.04 Å². The minimum absolute atomic E-state index is 0.141. The number of carbonyl (C=O) groups excluding carboxylic acids is 2. The molecule has 1 atom stereocenters. The summed E-state index contributed by atoms with van der Waals surface area (Å²) >= 11 is 0. The number of rotatable bonds is 6. The third-order valence-electron chi connectivity index (χ3n) is 4.46. The van der Waals surface area contributed by atoms with E-state index in [1.807, 2.05) is 31.2 Å². The Morgan fingerprint density at radius 3 is 2.92 bits per heavy atom. The Bertz CT molecular complexity index is 742. The maximum Gasteiger partial charge on any atom is 0.290 e. The summed E-state index contributed by atoms with van der Waals surface area (Å²) in [5.74, 6) is 0.683. The number of benzene rings is 1. The van der Waals surface area contributed by atoms with Crippen LogP contribution in [0.25, 0.3) is 0 Å². The van der Waals surface area contributed by atoms with Crippen LogP contribution in [-0.4, -0.2) is 42.5 Å². The first kappa shape index (κ1) is 18.0. The van der Waals surface area contributed by atoms with Crippen LogP contribution in [0.5, 0.6) is 5.75 Å². The second kappa shape index (κ2) is 8.56. The molecule has 0 bridgehead atoms. The summed E-state index contributed by atoms with van der Waals surface area (Å²) in [7, 11) is 0. The lowest BCUT2D eigenvalue weighted by atomic mass is 10.0. The van der Waals surface area contributed by atoms with E-state index in [0.29, 0.717) is 26.1 Å². The molecular formula is C20H24N2O4. The Hall–Kier alpha value is -2.76. The van der Waals surface area contributed by atoms with Gasteiger partial charge in [-0.25, -0.2) is 0 Å². The molecule has 1 unspecified atom stereocenters. The summed E-state index contributed by atoms with van der Waals surface area (Å²) in [6.07, 6.45) is 3.96. The fraction of sp³-hybridized carbons (Fsp3) is 0.400. The number of nitrogens with zero attached hydrogens (tertiary/aromatic N) is 1. The number of hydrogen-bond acceptors (Lipinski definition) is 4. The van der Waals surface area contributed by atoms with Crippen LogP contribution >= 0.6 is 0 Å². The van der Waals surface area contributed by atoms with E-state index in [2.05, 4.69) is 5.32 Å². The SMILES string of the molecule is Cc1cccc(OCCNC(=O)C2CCCCN2C(=O)c2ccco2)c1. The van der Waals surface area contributed by atoms with Gasteiger partial charge in [-0.05, 0) is 56.0 Å². The molecule has 1 aromatic carbocycles. The third kappa shape index (κ3) is 4.45. The van der Waals surface area contributed by atoms with Gasteiger partial charge in [0.25, 0.3) is 5.91 Å². The number of carbonyl (C=O) groups is 2. The molecular weight excluding hydrogens is 332 g/mol. The van der Waals surface area contributed by atoms with Crippen molar-refractivity contribution >= 4 is 11.8 Å². The highest BCUT2D eigenvalue weighted by Crippen LogP contribution is 2.20. The number of amides is 2. The quantitative estimate of drug-likeness (QED) is 0.808. The van der Waals surface area contributed by atoms with Crippen LogP contribution in [0.3, 0.4) is 0 Å². The number of hydrogen-bond donors (Lipinski definition) is 1. The van der Waals surface area contributed by atoms with Crippen LogP contribution in [0.2, 0.25) is 0 Å². The molecule has 2 heterocycles. The molecule has 6 heteroatoms. The highest BCUT2D eigenvalue weighted by Gasteiger charge is 2.33. The Balaban J connectivity index is 1.51. The molecule has 1 saturated heterocycles. The predicted octanol–water partition coefficient (Wildman–Crippen LogP) is 2.78. The van der Waals surface area contributed by atoms with Crippen LogP contribution in [0.4, 0.5) is 0 Å². The van der Waals surface area contributed by atoms with Gasteiger partial charge in [-0.15, -0.1) is 0 Å². The monoisotopic (exact) mass is 356 g/mol. The van der Waals surface area contributed by atoms with Gasteiger partial charge in [0.1, 0.15) is 18.4 Å². The summed E-state index contributed by atoms with van der Waals surface area (Å²) in [5, 5.41) is 2.88. The molecule has 1 aromatic heterocycles. The van der Waals surface area contributed by atoms with E-state index in [9.17, 15) is 9.59 Å². The highest BCUT2D eigenvalue weighted by molar-refractivity contribution is 5.95. The molecule has 6 nitrogen and oxygen atoms in total. The average molecular weight is 356 g/mol. The van der Waals surface area contributed by atoms with E-state index in [1.165, 1.54) is 6.26 Å². The Morgan fingerprint density at radius 1 is 1.27 bits per heavy atom. The molecule has 1 fully saturated rings. The molecule has 138 valence electrons. The first-order valence-corrected chi connectivity index (χ1v) is 8.97. The molecule has 0 saturated carbocycles. The zero-order valence-corrected chi connectivity index (χ0v) is 14.9. The second-order valence-electron chi connectivity index (χ2n) is 6.44. The van der Waals surface area contributed by atoms with E-state index in [0.717, 1.165) is 24.2 Å². The Kier molecular flexibility index (Phi) is 5.94. The minimum Gasteiger partial charge on any atom is -0.492 e. The van der Waals surface area contributed by atoms with Gasteiger partial charge in [0.15, 0.2) is 5.76 Å². The maximum atomic E-state index is 12.6. The summed E-state index contributed by atoms with van der Waals surface area (Å²) in [6.45, 7) is 3.35. The first-order valence-electron chi connectivity index (χ1n) is 8.97. The third-order valence-corrected chi connectivity index (χ3v) is 4.46. The zero-order valence-electron chi connectivity index (χ0n) is 14.9. The van der Waals surface area contributed by atoms with Crippen molar-refractivity contribution in [1.29, 1.82) is 0 Å². The number of ether oxygens (including phenoxy) is 1. The van der Waals surface area contributed by atoms with E-state index >= 15 is 0 Å². The average Bonchev–Trinajstić information content (AvgIpc) is 3.19. The van der Waals surface area contributed by atoms with Gasteiger partial charge in [-0.1, -0.05) is 12.1 Å². The van der Waals surface area contributed by atoms with Crippen molar-refractivity contribution in [3.05, 3.63) is 54.0 Å². The molecule has 2 amide bonds.